The second kappa shape index (κ2) is 4.09. The highest BCUT2D eigenvalue weighted by Gasteiger charge is 2.51. The Kier molecular flexibility index (Phi) is 2.79. The first kappa shape index (κ1) is 13.6. The van der Waals surface area contributed by atoms with Crippen LogP contribution >= 0.6 is 0 Å². The van der Waals surface area contributed by atoms with Gasteiger partial charge in [-0.3, -0.25) is 4.68 Å². The number of aryl methyl sites for hydroxylation is 2. The molecule has 20 heavy (non-hydrogen) atoms. The summed E-state index contributed by atoms with van der Waals surface area (Å²) in [6.45, 7) is 10.4. The van der Waals surface area contributed by atoms with Crippen LogP contribution in [0.25, 0.3) is 10.9 Å². The van der Waals surface area contributed by atoms with Gasteiger partial charge in [-0.1, -0.05) is 6.07 Å². The molecule has 106 valence electrons. The van der Waals surface area contributed by atoms with Gasteiger partial charge in [0.15, 0.2) is 0 Å². The minimum Gasteiger partial charge on any atom is -0.399 e. The van der Waals surface area contributed by atoms with Gasteiger partial charge in [-0.05, 0) is 51.7 Å². The van der Waals surface area contributed by atoms with Gasteiger partial charge in [0.05, 0.1) is 16.7 Å². The highest BCUT2D eigenvalue weighted by Crippen LogP contribution is 2.36. The first-order valence-corrected chi connectivity index (χ1v) is 6.99. The maximum absolute atomic E-state index is 6.10. The van der Waals surface area contributed by atoms with E-state index in [2.05, 4.69) is 51.9 Å². The van der Waals surface area contributed by atoms with E-state index in [4.69, 9.17) is 9.31 Å². The third-order valence-corrected chi connectivity index (χ3v) is 4.49. The van der Waals surface area contributed by atoms with Gasteiger partial charge in [-0.2, -0.15) is 5.10 Å². The lowest BCUT2D eigenvalue weighted by atomic mass is 9.78. The molecule has 1 aliphatic heterocycles. The highest BCUT2D eigenvalue weighted by molar-refractivity contribution is 6.62. The molecule has 0 bridgehead atoms. The van der Waals surface area contributed by atoms with Gasteiger partial charge in [0, 0.05) is 18.6 Å². The maximum Gasteiger partial charge on any atom is 0.494 e. The van der Waals surface area contributed by atoms with Crippen molar-refractivity contribution in [3.8, 4) is 0 Å². The molecule has 0 unspecified atom stereocenters. The van der Waals surface area contributed by atoms with Gasteiger partial charge >= 0.3 is 7.12 Å². The smallest absolute Gasteiger partial charge is 0.399 e. The monoisotopic (exact) mass is 272 g/mol. The van der Waals surface area contributed by atoms with E-state index in [1.165, 1.54) is 10.9 Å². The average molecular weight is 272 g/mol. The Morgan fingerprint density at radius 3 is 2.30 bits per heavy atom. The predicted molar refractivity (Wildman–Crippen MR) is 81.2 cm³/mol. The Labute approximate surface area is 120 Å². The molecule has 1 fully saturated rings. The number of hydrogen-bond acceptors (Lipinski definition) is 3. The van der Waals surface area contributed by atoms with E-state index in [-0.39, 0.29) is 18.3 Å². The van der Waals surface area contributed by atoms with E-state index >= 15 is 0 Å². The van der Waals surface area contributed by atoms with Crippen LogP contribution in [0.3, 0.4) is 0 Å². The molecule has 4 nitrogen and oxygen atoms in total. The molecule has 0 aliphatic carbocycles. The first-order chi connectivity index (χ1) is 9.19. The van der Waals surface area contributed by atoms with Crippen molar-refractivity contribution >= 4 is 23.5 Å². The third kappa shape index (κ3) is 1.96. The fourth-order valence-electron chi connectivity index (χ4n) is 2.56. The Balaban J connectivity index is 2.04. The van der Waals surface area contributed by atoms with Crippen molar-refractivity contribution in [3.63, 3.8) is 0 Å². The minimum atomic E-state index is -0.329. The van der Waals surface area contributed by atoms with Crippen LogP contribution in [-0.2, 0) is 16.4 Å². The summed E-state index contributed by atoms with van der Waals surface area (Å²) in [5, 5.41) is 5.66. The van der Waals surface area contributed by atoms with Gasteiger partial charge < -0.3 is 9.31 Å². The van der Waals surface area contributed by atoms with Gasteiger partial charge in [0.2, 0.25) is 0 Å². The van der Waals surface area contributed by atoms with Gasteiger partial charge in [-0.25, -0.2) is 0 Å². The molecule has 1 aromatic heterocycles. The van der Waals surface area contributed by atoms with Crippen LogP contribution in [0.2, 0.25) is 0 Å². The zero-order chi connectivity index (χ0) is 14.7. The lowest BCUT2D eigenvalue weighted by Gasteiger charge is -2.32. The standard InChI is InChI=1S/C15H21BN2O2/c1-10-7-11(8-13-12(10)9-18(6)17-13)16-19-14(2,3)15(4,5)20-16/h7-9H,1-6H3. The molecule has 0 saturated carbocycles. The molecule has 2 aromatic rings. The molecule has 1 aliphatic rings. The first-order valence-electron chi connectivity index (χ1n) is 6.99. The van der Waals surface area contributed by atoms with Crippen LogP contribution in [0.5, 0.6) is 0 Å². The summed E-state index contributed by atoms with van der Waals surface area (Å²) in [5.74, 6) is 0. The topological polar surface area (TPSA) is 36.3 Å². The average Bonchev–Trinajstić information content (AvgIpc) is 2.77. The van der Waals surface area contributed by atoms with Gasteiger partial charge in [-0.15, -0.1) is 0 Å². The molecule has 2 heterocycles. The summed E-state index contributed by atoms with van der Waals surface area (Å²) in [4.78, 5) is 0. The molecule has 0 amide bonds. The van der Waals surface area contributed by atoms with Crippen LogP contribution in [0.15, 0.2) is 18.3 Å². The van der Waals surface area contributed by atoms with E-state index in [1.807, 2.05) is 17.9 Å². The molecule has 1 saturated heterocycles. The van der Waals surface area contributed by atoms with Crippen molar-refractivity contribution in [2.24, 2.45) is 7.05 Å². The molecule has 3 rings (SSSR count). The van der Waals surface area contributed by atoms with Crippen LogP contribution in [0.1, 0.15) is 33.3 Å². The van der Waals surface area contributed by atoms with Gasteiger partial charge in [0.25, 0.3) is 0 Å². The number of benzene rings is 1. The summed E-state index contributed by atoms with van der Waals surface area (Å²) in [6.07, 6.45) is 2.04. The Morgan fingerprint density at radius 2 is 1.70 bits per heavy atom. The van der Waals surface area contributed by atoms with Crippen molar-refractivity contribution in [1.29, 1.82) is 0 Å². The Bertz CT molecular complexity index is 660. The lowest BCUT2D eigenvalue weighted by Crippen LogP contribution is -2.41. The third-order valence-electron chi connectivity index (χ3n) is 4.49. The van der Waals surface area contributed by atoms with Crippen LogP contribution in [0, 0.1) is 6.92 Å². The van der Waals surface area contributed by atoms with E-state index in [9.17, 15) is 0 Å². The number of hydrogen-bond donors (Lipinski definition) is 0. The second-order valence-corrected chi connectivity index (χ2v) is 6.66. The number of nitrogens with zero attached hydrogens (tertiary/aromatic N) is 2. The highest BCUT2D eigenvalue weighted by atomic mass is 16.7. The van der Waals surface area contributed by atoms with Crippen molar-refractivity contribution in [2.45, 2.75) is 45.8 Å². The second-order valence-electron chi connectivity index (χ2n) is 6.66. The maximum atomic E-state index is 6.10. The van der Waals surface area contributed by atoms with E-state index in [1.54, 1.807) is 0 Å². The summed E-state index contributed by atoms with van der Waals surface area (Å²) in [5.41, 5.74) is 2.58. The molecule has 5 heteroatoms. The molecular formula is C15H21BN2O2. The van der Waals surface area contributed by atoms with Crippen molar-refractivity contribution in [2.75, 3.05) is 0 Å². The van der Waals surface area contributed by atoms with Crippen LogP contribution < -0.4 is 5.46 Å². The fraction of sp³-hybridized carbons (Fsp3) is 0.533. The van der Waals surface area contributed by atoms with Gasteiger partial charge in [0.1, 0.15) is 0 Å². The summed E-state index contributed by atoms with van der Waals surface area (Å²) >= 11 is 0. The molecule has 0 radical (unpaired) electrons. The molecule has 0 spiro atoms. The van der Waals surface area contributed by atoms with Crippen molar-refractivity contribution in [3.05, 3.63) is 23.9 Å². The largest absolute Gasteiger partial charge is 0.494 e. The predicted octanol–water partition coefficient (Wildman–Crippen LogP) is 2.18. The SMILES string of the molecule is Cc1cc(B2OC(C)(C)C(C)(C)O2)cc2nn(C)cc12. The number of fused-ring (bicyclic) bond motifs is 1. The molecular weight excluding hydrogens is 251 g/mol. The molecule has 0 atom stereocenters. The zero-order valence-corrected chi connectivity index (χ0v) is 13.0. The van der Waals surface area contributed by atoms with E-state index in [0.717, 1.165) is 11.0 Å². The molecule has 1 aromatic carbocycles. The normalized spacial score (nSPS) is 20.8. The van der Waals surface area contributed by atoms with Crippen molar-refractivity contribution < 1.29 is 9.31 Å². The van der Waals surface area contributed by atoms with E-state index in [0.29, 0.717) is 0 Å². The Morgan fingerprint density at radius 1 is 1.10 bits per heavy atom. The van der Waals surface area contributed by atoms with Crippen LogP contribution in [-0.4, -0.2) is 28.1 Å². The number of rotatable bonds is 1. The zero-order valence-electron chi connectivity index (χ0n) is 13.0. The summed E-state index contributed by atoms with van der Waals surface area (Å²) < 4.78 is 14.0. The quantitative estimate of drug-likeness (QED) is 0.746. The Hall–Kier alpha value is -1.33. The molecule has 0 N–H and O–H groups in total. The van der Waals surface area contributed by atoms with E-state index < -0.39 is 0 Å². The number of aromatic nitrogens is 2. The van der Waals surface area contributed by atoms with Crippen molar-refractivity contribution in [1.82, 2.24) is 9.78 Å². The van der Waals surface area contributed by atoms with Crippen LogP contribution in [0.4, 0.5) is 0 Å². The minimum absolute atomic E-state index is 0.315. The fourth-order valence-corrected chi connectivity index (χ4v) is 2.56. The summed E-state index contributed by atoms with van der Waals surface area (Å²) in [6, 6.07) is 4.19. The summed E-state index contributed by atoms with van der Waals surface area (Å²) in [7, 11) is 1.61. The lowest BCUT2D eigenvalue weighted by molar-refractivity contribution is 0.00578.